The van der Waals surface area contributed by atoms with Crippen molar-refractivity contribution in [1.82, 2.24) is 10.2 Å². The normalized spacial score (nSPS) is 15.2. The van der Waals surface area contributed by atoms with E-state index in [-0.39, 0.29) is 21.3 Å². The summed E-state index contributed by atoms with van der Waals surface area (Å²) >= 11 is 0. The number of nitrogens with one attached hydrogen (secondary N) is 1. The van der Waals surface area contributed by atoms with Gasteiger partial charge in [-0.2, -0.15) is 5.10 Å². The molecule has 0 radical (unpaired) electrons. The first-order chi connectivity index (χ1) is 9.50. The molecule has 3 rings (SSSR count). The minimum atomic E-state index is -3.75. The maximum Gasteiger partial charge on any atom is 0.226 e. The lowest BCUT2D eigenvalue weighted by atomic mass is 9.97. The van der Waals surface area contributed by atoms with Crippen LogP contribution in [0.3, 0.4) is 0 Å². The van der Waals surface area contributed by atoms with Crippen LogP contribution in [0.2, 0.25) is 0 Å². The largest absolute Gasteiger partial charge is 0.294 e. The first-order valence-corrected chi connectivity index (χ1v) is 7.90. The molecule has 104 valence electrons. The van der Waals surface area contributed by atoms with Crippen LogP contribution >= 0.6 is 0 Å². The first kappa shape index (κ1) is 13.1. The summed E-state index contributed by atoms with van der Waals surface area (Å²) in [6.07, 6.45) is 1.78. The predicted octanol–water partition coefficient (Wildman–Crippen LogP) is 2.07. The third-order valence-corrected chi connectivity index (χ3v) is 5.20. The van der Waals surface area contributed by atoms with Gasteiger partial charge in [-0.25, -0.2) is 8.42 Å². The van der Waals surface area contributed by atoms with E-state index >= 15 is 0 Å². The van der Waals surface area contributed by atoms with E-state index in [4.69, 9.17) is 0 Å². The van der Waals surface area contributed by atoms with Crippen LogP contribution < -0.4 is 0 Å². The van der Waals surface area contributed by atoms with Gasteiger partial charge < -0.3 is 0 Å². The fourth-order valence-electron chi connectivity index (χ4n) is 2.40. The van der Waals surface area contributed by atoms with E-state index in [1.165, 1.54) is 0 Å². The standard InChI is InChI=1S/C14H14N2O3S/c1-9-5-7-10(8-6-9)20(18,19)14-13-11(15-16-14)3-2-4-12(13)17/h5-8H,2-4H2,1H3,(H,15,16). The van der Waals surface area contributed by atoms with Crippen molar-refractivity contribution in [2.24, 2.45) is 0 Å². The van der Waals surface area contributed by atoms with Crippen molar-refractivity contribution in [3.05, 3.63) is 41.1 Å². The van der Waals surface area contributed by atoms with E-state index < -0.39 is 9.84 Å². The predicted molar refractivity (Wildman–Crippen MR) is 72.5 cm³/mol. The number of carbonyl (C=O) groups excluding carboxylic acids is 1. The van der Waals surface area contributed by atoms with Crippen LogP contribution in [0, 0.1) is 6.92 Å². The van der Waals surface area contributed by atoms with E-state index in [1.54, 1.807) is 24.3 Å². The van der Waals surface area contributed by atoms with Crippen molar-refractivity contribution in [3.8, 4) is 0 Å². The van der Waals surface area contributed by atoms with Crippen molar-refractivity contribution in [2.75, 3.05) is 0 Å². The first-order valence-electron chi connectivity index (χ1n) is 6.42. The van der Waals surface area contributed by atoms with E-state index in [1.807, 2.05) is 6.92 Å². The van der Waals surface area contributed by atoms with Crippen LogP contribution in [0.15, 0.2) is 34.2 Å². The number of hydrogen-bond donors (Lipinski definition) is 1. The number of H-pyrrole nitrogens is 1. The topological polar surface area (TPSA) is 79.9 Å². The molecule has 1 N–H and O–H groups in total. The number of aryl methyl sites for hydroxylation is 2. The van der Waals surface area contributed by atoms with Crippen molar-refractivity contribution in [3.63, 3.8) is 0 Å². The van der Waals surface area contributed by atoms with Gasteiger partial charge in [0.1, 0.15) is 0 Å². The number of Topliss-reactive ketones (excluding diaryl/α,β-unsaturated/α-hetero) is 1. The monoisotopic (exact) mass is 290 g/mol. The number of aromatic nitrogens is 2. The van der Waals surface area contributed by atoms with Crippen molar-refractivity contribution in [2.45, 2.75) is 36.1 Å². The molecular weight excluding hydrogens is 276 g/mol. The highest BCUT2D eigenvalue weighted by molar-refractivity contribution is 7.91. The summed E-state index contributed by atoms with van der Waals surface area (Å²) in [5.41, 5.74) is 1.85. The molecule has 0 unspecified atom stereocenters. The number of sulfone groups is 1. The third kappa shape index (κ3) is 1.96. The molecule has 2 aromatic rings. The molecule has 1 aromatic heterocycles. The Kier molecular flexibility index (Phi) is 2.97. The van der Waals surface area contributed by atoms with Gasteiger partial charge in [0.15, 0.2) is 10.8 Å². The Morgan fingerprint density at radius 3 is 2.55 bits per heavy atom. The molecule has 1 aliphatic carbocycles. The van der Waals surface area contributed by atoms with Crippen LogP contribution in [0.4, 0.5) is 0 Å². The molecule has 5 nitrogen and oxygen atoms in total. The van der Waals surface area contributed by atoms with Gasteiger partial charge in [-0.3, -0.25) is 9.89 Å². The maximum atomic E-state index is 12.6. The summed E-state index contributed by atoms with van der Waals surface area (Å²) in [6.45, 7) is 1.89. The van der Waals surface area contributed by atoms with Gasteiger partial charge in [0.2, 0.25) is 9.84 Å². The Bertz CT molecular complexity index is 773. The number of nitrogens with zero attached hydrogens (tertiary/aromatic N) is 1. The molecule has 0 fully saturated rings. The Morgan fingerprint density at radius 2 is 1.85 bits per heavy atom. The molecule has 1 aromatic carbocycles. The highest BCUT2D eigenvalue weighted by Crippen LogP contribution is 2.29. The van der Waals surface area contributed by atoms with Gasteiger partial charge in [0.05, 0.1) is 10.5 Å². The van der Waals surface area contributed by atoms with Gasteiger partial charge in [0.25, 0.3) is 0 Å². The number of rotatable bonds is 2. The molecule has 0 spiro atoms. The summed E-state index contributed by atoms with van der Waals surface area (Å²) in [5.74, 6) is -0.148. The second kappa shape index (κ2) is 4.56. The quantitative estimate of drug-likeness (QED) is 0.918. The molecule has 1 heterocycles. The second-order valence-electron chi connectivity index (χ2n) is 4.98. The Balaban J connectivity index is 2.15. The number of ketones is 1. The molecule has 0 saturated carbocycles. The summed E-state index contributed by atoms with van der Waals surface area (Å²) in [6, 6.07) is 6.54. The molecule has 6 heteroatoms. The number of hydrogen-bond acceptors (Lipinski definition) is 4. The van der Waals surface area contributed by atoms with E-state index in [2.05, 4.69) is 10.2 Å². The highest BCUT2D eigenvalue weighted by atomic mass is 32.2. The lowest BCUT2D eigenvalue weighted by molar-refractivity contribution is 0.0969. The smallest absolute Gasteiger partial charge is 0.226 e. The summed E-state index contributed by atoms with van der Waals surface area (Å²) in [5, 5.41) is 6.44. The zero-order chi connectivity index (χ0) is 14.3. The Hall–Kier alpha value is -1.95. The lowest BCUT2D eigenvalue weighted by Gasteiger charge is -2.10. The van der Waals surface area contributed by atoms with Crippen molar-refractivity contribution < 1.29 is 13.2 Å². The molecule has 0 atom stereocenters. The van der Waals surface area contributed by atoms with Crippen LogP contribution in [0.5, 0.6) is 0 Å². The van der Waals surface area contributed by atoms with Gasteiger partial charge in [-0.05, 0) is 31.9 Å². The summed E-state index contributed by atoms with van der Waals surface area (Å²) in [4.78, 5) is 12.1. The Labute approximate surface area is 116 Å². The van der Waals surface area contributed by atoms with Crippen LogP contribution in [0.1, 0.15) is 34.5 Å². The number of benzene rings is 1. The fraction of sp³-hybridized carbons (Fsp3) is 0.286. The number of fused-ring (bicyclic) bond motifs is 1. The van der Waals surface area contributed by atoms with Gasteiger partial charge in [-0.15, -0.1) is 0 Å². The van der Waals surface area contributed by atoms with Gasteiger partial charge in [-0.1, -0.05) is 17.7 Å². The van der Waals surface area contributed by atoms with E-state index in [9.17, 15) is 13.2 Å². The van der Waals surface area contributed by atoms with Crippen molar-refractivity contribution in [1.29, 1.82) is 0 Å². The van der Waals surface area contributed by atoms with Crippen LogP contribution in [-0.4, -0.2) is 24.4 Å². The summed E-state index contributed by atoms with van der Waals surface area (Å²) < 4.78 is 25.2. The molecule has 0 aliphatic heterocycles. The zero-order valence-corrected chi connectivity index (χ0v) is 11.8. The maximum absolute atomic E-state index is 12.6. The summed E-state index contributed by atoms with van der Waals surface area (Å²) in [7, 11) is -3.75. The van der Waals surface area contributed by atoms with Crippen LogP contribution in [0.25, 0.3) is 0 Å². The molecule has 20 heavy (non-hydrogen) atoms. The SMILES string of the molecule is Cc1ccc(S(=O)(=O)c2n[nH]c3c2C(=O)CCC3)cc1. The minimum absolute atomic E-state index is 0.138. The average molecular weight is 290 g/mol. The molecule has 0 bridgehead atoms. The third-order valence-electron chi connectivity index (χ3n) is 3.50. The highest BCUT2D eigenvalue weighted by Gasteiger charge is 2.32. The fourth-order valence-corrected chi connectivity index (χ4v) is 3.79. The molecule has 0 amide bonds. The van der Waals surface area contributed by atoms with E-state index in [0.717, 1.165) is 12.0 Å². The lowest BCUT2D eigenvalue weighted by Crippen LogP contribution is -2.14. The minimum Gasteiger partial charge on any atom is -0.294 e. The molecule has 0 saturated heterocycles. The van der Waals surface area contributed by atoms with Crippen molar-refractivity contribution >= 4 is 15.6 Å². The molecule has 1 aliphatic rings. The number of aromatic amines is 1. The van der Waals surface area contributed by atoms with Crippen LogP contribution in [-0.2, 0) is 16.3 Å². The molecular formula is C14H14N2O3S. The van der Waals surface area contributed by atoms with E-state index in [0.29, 0.717) is 18.5 Å². The zero-order valence-electron chi connectivity index (χ0n) is 11.0. The van der Waals surface area contributed by atoms with Gasteiger partial charge >= 0.3 is 0 Å². The Morgan fingerprint density at radius 1 is 1.15 bits per heavy atom. The average Bonchev–Trinajstić information content (AvgIpc) is 2.85. The second-order valence-corrected chi connectivity index (χ2v) is 6.84. The van der Waals surface area contributed by atoms with Gasteiger partial charge in [0, 0.05) is 12.1 Å². The number of carbonyl (C=O) groups is 1.